The van der Waals surface area contributed by atoms with Crippen LogP contribution in [0.25, 0.3) is 0 Å². The average Bonchev–Trinajstić information content (AvgIpc) is 2.40. The summed E-state index contributed by atoms with van der Waals surface area (Å²) < 4.78 is 18.4. The molecule has 2 aromatic carbocycles. The van der Waals surface area contributed by atoms with E-state index in [0.29, 0.717) is 11.2 Å². The molecule has 0 unspecified atom stereocenters. The van der Waals surface area contributed by atoms with Crippen molar-refractivity contribution in [1.29, 1.82) is 0 Å². The van der Waals surface area contributed by atoms with Gasteiger partial charge < -0.3 is 14.8 Å². The molecule has 2 aromatic rings. The molecule has 0 aliphatic heterocycles. The number of hydrogen-bond acceptors (Lipinski definition) is 3. The normalized spacial score (nSPS) is 10.3. The molecule has 2 N–H and O–H groups in total. The highest BCUT2D eigenvalue weighted by Gasteiger charge is 2.10. The predicted octanol–water partition coefficient (Wildman–Crippen LogP) is 1.74. The maximum atomic E-state index is 13.0. The van der Waals surface area contributed by atoms with Gasteiger partial charge in [-0.15, -0.1) is 0 Å². The molecular weight excluding hydrogens is 269 g/mol. The second kappa shape index (κ2) is 6.06. The van der Waals surface area contributed by atoms with E-state index in [2.05, 4.69) is 0 Å². The molecular formula is C13H11BClFO3. The minimum absolute atomic E-state index is 0.00275. The zero-order valence-corrected chi connectivity index (χ0v) is 10.6. The number of hydrogen-bond donors (Lipinski definition) is 2. The highest BCUT2D eigenvalue weighted by Crippen LogP contribution is 2.21. The van der Waals surface area contributed by atoms with Crippen LogP contribution in [0, 0.1) is 5.82 Å². The summed E-state index contributed by atoms with van der Waals surface area (Å²) in [6, 6.07) is 10.8. The van der Waals surface area contributed by atoms with Crippen LogP contribution in [0.15, 0.2) is 42.5 Å². The van der Waals surface area contributed by atoms with Gasteiger partial charge in [-0.05, 0) is 23.2 Å². The lowest BCUT2D eigenvalue weighted by Crippen LogP contribution is -2.29. The monoisotopic (exact) mass is 280 g/mol. The van der Waals surface area contributed by atoms with Gasteiger partial charge in [0.1, 0.15) is 18.2 Å². The maximum Gasteiger partial charge on any atom is 0.488 e. The van der Waals surface area contributed by atoms with Gasteiger partial charge in [-0.2, -0.15) is 0 Å². The van der Waals surface area contributed by atoms with Crippen LogP contribution in [-0.2, 0) is 6.61 Å². The van der Waals surface area contributed by atoms with Crippen LogP contribution in [0.1, 0.15) is 5.56 Å². The second-order valence-corrected chi connectivity index (χ2v) is 4.39. The molecule has 0 bridgehead atoms. The standard InChI is InChI=1S/C13H11BClFO3/c15-12-7-11(4-5-13(12)16)19-8-9-2-1-3-10(6-9)14(17)18/h1-7,17-18H,8H2. The Balaban J connectivity index is 2.05. The lowest BCUT2D eigenvalue weighted by atomic mass is 9.80. The van der Waals surface area contributed by atoms with Crippen molar-refractivity contribution in [2.75, 3.05) is 0 Å². The first-order chi connectivity index (χ1) is 9.06. The molecule has 0 aliphatic rings. The van der Waals surface area contributed by atoms with Gasteiger partial charge in [0.05, 0.1) is 5.02 Å². The molecule has 2 rings (SSSR count). The zero-order valence-electron chi connectivity index (χ0n) is 9.88. The average molecular weight is 280 g/mol. The highest BCUT2D eigenvalue weighted by molar-refractivity contribution is 6.58. The molecule has 0 fully saturated rings. The van der Waals surface area contributed by atoms with Gasteiger partial charge >= 0.3 is 7.12 Å². The first kappa shape index (κ1) is 13.9. The Bertz CT molecular complexity index is 578. The van der Waals surface area contributed by atoms with E-state index < -0.39 is 12.9 Å². The van der Waals surface area contributed by atoms with E-state index >= 15 is 0 Å². The summed E-state index contributed by atoms with van der Waals surface area (Å²) in [5.74, 6) is -0.0548. The summed E-state index contributed by atoms with van der Waals surface area (Å²) in [6.45, 7) is 0.225. The van der Waals surface area contributed by atoms with E-state index in [0.717, 1.165) is 5.56 Å². The maximum absolute atomic E-state index is 13.0. The van der Waals surface area contributed by atoms with Crippen LogP contribution in [-0.4, -0.2) is 17.2 Å². The molecule has 0 aliphatic carbocycles. The highest BCUT2D eigenvalue weighted by atomic mass is 35.5. The summed E-state index contributed by atoms with van der Waals surface area (Å²) in [4.78, 5) is 0. The third-order valence-corrected chi connectivity index (χ3v) is 2.84. The zero-order chi connectivity index (χ0) is 13.8. The Kier molecular flexibility index (Phi) is 4.42. The first-order valence-electron chi connectivity index (χ1n) is 5.59. The minimum atomic E-state index is -1.51. The molecule has 0 heterocycles. The fraction of sp³-hybridized carbons (Fsp3) is 0.0769. The van der Waals surface area contributed by atoms with Gasteiger partial charge in [-0.3, -0.25) is 0 Å². The SMILES string of the molecule is OB(O)c1cccc(COc2ccc(F)c(Cl)c2)c1. The Labute approximate surface area is 115 Å². The van der Waals surface area contributed by atoms with Crippen molar-refractivity contribution in [3.8, 4) is 5.75 Å². The molecule has 3 nitrogen and oxygen atoms in total. The molecule has 0 atom stereocenters. The van der Waals surface area contributed by atoms with E-state index in [-0.39, 0.29) is 11.6 Å². The summed E-state index contributed by atoms with van der Waals surface area (Å²) in [5.41, 5.74) is 1.16. The largest absolute Gasteiger partial charge is 0.489 e. The molecule has 19 heavy (non-hydrogen) atoms. The van der Waals surface area contributed by atoms with Gasteiger partial charge in [0, 0.05) is 6.07 Å². The van der Waals surface area contributed by atoms with Gasteiger partial charge in [0.15, 0.2) is 0 Å². The van der Waals surface area contributed by atoms with Crippen molar-refractivity contribution in [2.45, 2.75) is 6.61 Å². The Hall–Kier alpha value is -1.56. The Morgan fingerprint density at radius 2 is 1.95 bits per heavy atom. The summed E-state index contributed by atoms with van der Waals surface area (Å²) >= 11 is 5.64. The smallest absolute Gasteiger partial charge is 0.488 e. The van der Waals surface area contributed by atoms with Crippen molar-refractivity contribution in [2.24, 2.45) is 0 Å². The van der Waals surface area contributed by atoms with Gasteiger partial charge in [0.25, 0.3) is 0 Å². The Morgan fingerprint density at radius 3 is 2.63 bits per heavy atom. The number of rotatable bonds is 4. The van der Waals surface area contributed by atoms with Crippen molar-refractivity contribution in [3.63, 3.8) is 0 Å². The number of ether oxygens (including phenoxy) is 1. The summed E-state index contributed by atoms with van der Waals surface area (Å²) in [5, 5.41) is 18.1. The van der Waals surface area contributed by atoms with Crippen LogP contribution in [0.4, 0.5) is 4.39 Å². The third-order valence-electron chi connectivity index (χ3n) is 2.55. The molecule has 0 amide bonds. The van der Waals surface area contributed by atoms with Crippen LogP contribution in [0.3, 0.4) is 0 Å². The van der Waals surface area contributed by atoms with Crippen LogP contribution >= 0.6 is 11.6 Å². The molecule has 0 radical (unpaired) electrons. The lowest BCUT2D eigenvalue weighted by molar-refractivity contribution is 0.306. The van der Waals surface area contributed by atoms with E-state index in [1.165, 1.54) is 18.2 Å². The number of halogens is 2. The van der Waals surface area contributed by atoms with E-state index in [4.69, 9.17) is 26.4 Å². The van der Waals surface area contributed by atoms with Crippen LogP contribution in [0.2, 0.25) is 5.02 Å². The molecule has 0 saturated carbocycles. The van der Waals surface area contributed by atoms with E-state index in [9.17, 15) is 4.39 Å². The fourth-order valence-corrected chi connectivity index (χ4v) is 1.75. The summed E-state index contributed by atoms with van der Waals surface area (Å²) in [6.07, 6.45) is 0. The van der Waals surface area contributed by atoms with Gasteiger partial charge in [-0.25, -0.2) is 4.39 Å². The third kappa shape index (κ3) is 3.70. The van der Waals surface area contributed by atoms with Gasteiger partial charge in [0.2, 0.25) is 0 Å². The molecule has 98 valence electrons. The predicted molar refractivity (Wildman–Crippen MR) is 72.0 cm³/mol. The van der Waals surface area contributed by atoms with Gasteiger partial charge in [-0.1, -0.05) is 35.9 Å². The molecule has 0 saturated heterocycles. The number of benzene rings is 2. The molecule has 0 aromatic heterocycles. The van der Waals surface area contributed by atoms with Crippen molar-refractivity contribution >= 4 is 24.2 Å². The van der Waals surface area contributed by atoms with E-state index in [1.54, 1.807) is 24.3 Å². The topological polar surface area (TPSA) is 49.7 Å². The van der Waals surface area contributed by atoms with Crippen molar-refractivity contribution < 1.29 is 19.2 Å². The molecule has 6 heteroatoms. The van der Waals surface area contributed by atoms with Crippen LogP contribution < -0.4 is 10.2 Å². The first-order valence-corrected chi connectivity index (χ1v) is 5.97. The lowest BCUT2D eigenvalue weighted by Gasteiger charge is -2.08. The quantitative estimate of drug-likeness (QED) is 0.839. The Morgan fingerprint density at radius 1 is 1.16 bits per heavy atom. The minimum Gasteiger partial charge on any atom is -0.489 e. The molecule has 0 spiro atoms. The van der Waals surface area contributed by atoms with Crippen molar-refractivity contribution in [3.05, 3.63) is 58.9 Å². The second-order valence-electron chi connectivity index (χ2n) is 3.98. The summed E-state index contributed by atoms with van der Waals surface area (Å²) in [7, 11) is -1.51. The van der Waals surface area contributed by atoms with E-state index in [1.807, 2.05) is 0 Å². The fourth-order valence-electron chi connectivity index (χ4n) is 1.58. The van der Waals surface area contributed by atoms with Crippen LogP contribution in [0.5, 0.6) is 5.75 Å². The van der Waals surface area contributed by atoms with Crippen molar-refractivity contribution in [1.82, 2.24) is 0 Å².